The summed E-state index contributed by atoms with van der Waals surface area (Å²) in [5.74, 6) is 1.79. The normalized spacial score (nSPS) is 22.6. The van der Waals surface area contributed by atoms with Crippen LogP contribution in [0.2, 0.25) is 5.02 Å². The number of methoxy groups -OCH3 is 1. The Bertz CT molecular complexity index is 468. The van der Waals surface area contributed by atoms with E-state index < -0.39 is 0 Å². The van der Waals surface area contributed by atoms with Crippen LogP contribution in [-0.2, 0) is 11.2 Å². The summed E-state index contributed by atoms with van der Waals surface area (Å²) in [7, 11) is 1.61. The first kappa shape index (κ1) is 15.3. The Morgan fingerprint density at radius 2 is 2.05 bits per heavy atom. The van der Waals surface area contributed by atoms with Crippen molar-refractivity contribution in [1.29, 1.82) is 0 Å². The summed E-state index contributed by atoms with van der Waals surface area (Å²) in [5.41, 5.74) is 6.57. The van der Waals surface area contributed by atoms with E-state index in [1.165, 1.54) is 0 Å². The van der Waals surface area contributed by atoms with E-state index in [9.17, 15) is 4.79 Å². The first-order chi connectivity index (χ1) is 9.63. The first-order valence-corrected chi connectivity index (χ1v) is 7.57. The second kappa shape index (κ2) is 7.09. The highest BCUT2D eigenvalue weighted by molar-refractivity contribution is 6.30. The molecule has 0 amide bonds. The molecule has 0 atom stereocenters. The maximum atomic E-state index is 12.4. The van der Waals surface area contributed by atoms with Gasteiger partial charge in [0.2, 0.25) is 0 Å². The number of hydrogen-bond acceptors (Lipinski definition) is 3. The van der Waals surface area contributed by atoms with Gasteiger partial charge in [-0.1, -0.05) is 11.6 Å². The van der Waals surface area contributed by atoms with E-state index >= 15 is 0 Å². The summed E-state index contributed by atoms with van der Waals surface area (Å²) in [5, 5.41) is 0.639. The Morgan fingerprint density at radius 1 is 1.35 bits per heavy atom. The number of nitrogens with two attached hydrogens (primary N) is 1. The Hall–Kier alpha value is -1.06. The lowest BCUT2D eigenvalue weighted by atomic mass is 9.79. The summed E-state index contributed by atoms with van der Waals surface area (Å²) in [6.07, 6.45) is 4.47. The molecule has 0 aliphatic heterocycles. The molecule has 0 heterocycles. The van der Waals surface area contributed by atoms with Gasteiger partial charge in [0.05, 0.1) is 7.11 Å². The number of benzene rings is 1. The average Bonchev–Trinajstić information content (AvgIpc) is 2.47. The molecule has 0 saturated heterocycles. The number of Topliss-reactive ketones (excluding diaryl/α,β-unsaturated/α-hetero) is 1. The second-order valence-corrected chi connectivity index (χ2v) is 5.99. The SMILES string of the molecule is COc1ccc(Cl)cc1CC(=O)C1CCC(CN)CC1. The molecule has 110 valence electrons. The van der Waals surface area contributed by atoms with E-state index in [4.69, 9.17) is 22.1 Å². The molecule has 20 heavy (non-hydrogen) atoms. The molecule has 0 bridgehead atoms. The number of carbonyl (C=O) groups excluding carboxylic acids is 1. The minimum absolute atomic E-state index is 0.168. The molecule has 2 N–H and O–H groups in total. The molecule has 1 fully saturated rings. The van der Waals surface area contributed by atoms with Crippen LogP contribution in [0.4, 0.5) is 0 Å². The third-order valence-corrected chi connectivity index (χ3v) is 4.48. The third-order valence-electron chi connectivity index (χ3n) is 4.24. The Kier molecular flexibility index (Phi) is 5.44. The molecule has 0 aromatic heterocycles. The molecule has 4 heteroatoms. The van der Waals surface area contributed by atoms with E-state index in [1.807, 2.05) is 12.1 Å². The largest absolute Gasteiger partial charge is 0.496 e. The van der Waals surface area contributed by atoms with Crippen molar-refractivity contribution in [3.63, 3.8) is 0 Å². The van der Waals surface area contributed by atoms with Crippen molar-refractivity contribution in [3.05, 3.63) is 28.8 Å². The average molecular weight is 296 g/mol. The molecule has 1 saturated carbocycles. The smallest absolute Gasteiger partial charge is 0.140 e. The highest BCUT2D eigenvalue weighted by atomic mass is 35.5. The predicted molar refractivity (Wildman–Crippen MR) is 81.2 cm³/mol. The molecule has 0 unspecified atom stereocenters. The Balaban J connectivity index is 1.99. The summed E-state index contributed by atoms with van der Waals surface area (Å²) in [6, 6.07) is 5.42. The zero-order valence-electron chi connectivity index (χ0n) is 11.9. The molecule has 0 radical (unpaired) electrons. The van der Waals surface area contributed by atoms with E-state index in [0.29, 0.717) is 23.1 Å². The fraction of sp³-hybridized carbons (Fsp3) is 0.562. The number of hydrogen-bond donors (Lipinski definition) is 1. The van der Waals surface area contributed by atoms with Crippen molar-refractivity contribution in [2.24, 2.45) is 17.6 Å². The number of carbonyl (C=O) groups is 1. The lowest BCUT2D eigenvalue weighted by molar-refractivity contribution is -0.123. The topological polar surface area (TPSA) is 52.3 Å². The van der Waals surface area contributed by atoms with Crippen molar-refractivity contribution in [3.8, 4) is 5.75 Å². The molecular formula is C16H22ClNO2. The third kappa shape index (κ3) is 3.74. The Labute approximate surface area is 125 Å². The van der Waals surface area contributed by atoms with Crippen molar-refractivity contribution in [2.45, 2.75) is 32.1 Å². The minimum Gasteiger partial charge on any atom is -0.496 e. The molecule has 1 aromatic rings. The van der Waals surface area contributed by atoms with Gasteiger partial charge in [-0.2, -0.15) is 0 Å². The van der Waals surface area contributed by atoms with Gasteiger partial charge in [-0.15, -0.1) is 0 Å². The van der Waals surface area contributed by atoms with Gasteiger partial charge in [-0.25, -0.2) is 0 Å². The molecule has 1 aromatic carbocycles. The quantitative estimate of drug-likeness (QED) is 0.907. The van der Waals surface area contributed by atoms with Crippen LogP contribution >= 0.6 is 11.6 Å². The number of ether oxygens (including phenoxy) is 1. The zero-order chi connectivity index (χ0) is 14.5. The van der Waals surface area contributed by atoms with Crippen LogP contribution in [-0.4, -0.2) is 19.4 Å². The molecule has 2 rings (SSSR count). The highest BCUT2D eigenvalue weighted by Gasteiger charge is 2.26. The lowest BCUT2D eigenvalue weighted by Gasteiger charge is -2.26. The molecule has 0 spiro atoms. The minimum atomic E-state index is 0.168. The van der Waals surface area contributed by atoms with Crippen LogP contribution in [0.25, 0.3) is 0 Å². The summed E-state index contributed by atoms with van der Waals surface area (Å²) >= 11 is 6.00. The van der Waals surface area contributed by atoms with Crippen LogP contribution in [0.5, 0.6) is 5.75 Å². The van der Waals surface area contributed by atoms with E-state index in [0.717, 1.165) is 43.5 Å². The van der Waals surface area contributed by atoms with E-state index in [-0.39, 0.29) is 5.92 Å². The monoisotopic (exact) mass is 295 g/mol. The van der Waals surface area contributed by atoms with Crippen LogP contribution < -0.4 is 10.5 Å². The maximum Gasteiger partial charge on any atom is 0.140 e. The predicted octanol–water partition coefficient (Wildman–Crippen LogP) is 3.23. The Morgan fingerprint density at radius 3 is 2.65 bits per heavy atom. The second-order valence-electron chi connectivity index (χ2n) is 5.55. The summed E-state index contributed by atoms with van der Waals surface area (Å²) < 4.78 is 5.30. The van der Waals surface area contributed by atoms with Gasteiger partial charge >= 0.3 is 0 Å². The number of ketones is 1. The fourth-order valence-electron chi connectivity index (χ4n) is 2.94. The first-order valence-electron chi connectivity index (χ1n) is 7.19. The van der Waals surface area contributed by atoms with Crippen LogP contribution in [0, 0.1) is 11.8 Å². The van der Waals surface area contributed by atoms with E-state index in [1.54, 1.807) is 13.2 Å². The van der Waals surface area contributed by atoms with Gasteiger partial charge in [-0.3, -0.25) is 4.79 Å². The number of halogens is 1. The summed E-state index contributed by atoms with van der Waals surface area (Å²) in [4.78, 5) is 12.4. The standard InChI is InChI=1S/C16H22ClNO2/c1-20-16-7-6-14(17)8-13(16)9-15(19)12-4-2-11(10-18)3-5-12/h6-8,11-12H,2-5,9-10,18H2,1H3. The van der Waals surface area contributed by atoms with Crippen LogP contribution in [0.15, 0.2) is 18.2 Å². The van der Waals surface area contributed by atoms with Gasteiger partial charge in [0.1, 0.15) is 11.5 Å². The molecule has 1 aliphatic carbocycles. The maximum absolute atomic E-state index is 12.4. The fourth-order valence-corrected chi connectivity index (χ4v) is 3.13. The van der Waals surface area contributed by atoms with Crippen LogP contribution in [0.1, 0.15) is 31.2 Å². The van der Waals surface area contributed by atoms with Gasteiger partial charge in [-0.05, 0) is 56.3 Å². The van der Waals surface area contributed by atoms with Crippen LogP contribution in [0.3, 0.4) is 0 Å². The highest BCUT2D eigenvalue weighted by Crippen LogP contribution is 2.31. The van der Waals surface area contributed by atoms with Crippen molar-refractivity contribution in [2.75, 3.05) is 13.7 Å². The van der Waals surface area contributed by atoms with E-state index in [2.05, 4.69) is 0 Å². The van der Waals surface area contributed by atoms with Gasteiger partial charge < -0.3 is 10.5 Å². The number of rotatable bonds is 5. The molecule has 1 aliphatic rings. The van der Waals surface area contributed by atoms with Gasteiger partial charge in [0, 0.05) is 22.9 Å². The van der Waals surface area contributed by atoms with Crippen molar-refractivity contribution in [1.82, 2.24) is 0 Å². The summed E-state index contributed by atoms with van der Waals surface area (Å²) in [6.45, 7) is 0.739. The lowest BCUT2D eigenvalue weighted by Crippen LogP contribution is -2.26. The molecular weight excluding hydrogens is 274 g/mol. The van der Waals surface area contributed by atoms with Crippen molar-refractivity contribution < 1.29 is 9.53 Å². The zero-order valence-corrected chi connectivity index (χ0v) is 12.7. The van der Waals surface area contributed by atoms with Gasteiger partial charge in [0.15, 0.2) is 0 Å². The van der Waals surface area contributed by atoms with Crippen molar-refractivity contribution >= 4 is 17.4 Å². The molecule has 3 nitrogen and oxygen atoms in total. The van der Waals surface area contributed by atoms with Gasteiger partial charge in [0.25, 0.3) is 0 Å².